The molecule has 1 aromatic carbocycles. The zero-order chi connectivity index (χ0) is 24.3. The minimum absolute atomic E-state index is 0.0282. The molecule has 2 aliphatic carbocycles. The number of piperidine rings is 1. The molecule has 190 valence electrons. The molecule has 1 saturated heterocycles. The van der Waals surface area contributed by atoms with Crippen LogP contribution in [0, 0.1) is 11.7 Å². The molecular formula is C24H36FN3O5S. The van der Waals surface area contributed by atoms with Crippen molar-refractivity contribution in [2.45, 2.75) is 69.1 Å². The van der Waals surface area contributed by atoms with Crippen molar-refractivity contribution in [1.29, 1.82) is 0 Å². The Balaban J connectivity index is 1.33. The van der Waals surface area contributed by atoms with Gasteiger partial charge in [0.15, 0.2) is 0 Å². The van der Waals surface area contributed by atoms with Gasteiger partial charge >= 0.3 is 6.09 Å². The summed E-state index contributed by atoms with van der Waals surface area (Å²) in [6.45, 7) is 1.20. The number of likely N-dealkylation sites (tertiary alicyclic amines) is 1. The fourth-order valence-corrected chi connectivity index (χ4v) is 5.71. The van der Waals surface area contributed by atoms with Crippen LogP contribution in [-0.4, -0.2) is 75.8 Å². The highest BCUT2D eigenvalue weighted by Crippen LogP contribution is 2.35. The summed E-state index contributed by atoms with van der Waals surface area (Å²) in [7, 11) is -0.613. The van der Waals surface area contributed by atoms with Crippen molar-refractivity contribution in [3.8, 4) is 0 Å². The quantitative estimate of drug-likeness (QED) is 0.596. The number of rotatable bonds is 8. The first-order valence-electron chi connectivity index (χ1n) is 12.2. The third-order valence-electron chi connectivity index (χ3n) is 7.11. The fourth-order valence-electron chi connectivity index (χ4n) is 4.80. The zero-order valence-corrected chi connectivity index (χ0v) is 20.8. The van der Waals surface area contributed by atoms with Gasteiger partial charge in [0, 0.05) is 39.1 Å². The molecule has 2 saturated carbocycles. The molecule has 1 N–H and O–H groups in total. The Morgan fingerprint density at radius 1 is 1.12 bits per heavy atom. The third-order valence-corrected chi connectivity index (χ3v) is 8.67. The van der Waals surface area contributed by atoms with Gasteiger partial charge in [-0.2, -0.15) is 17.4 Å². The van der Waals surface area contributed by atoms with Crippen LogP contribution >= 0.6 is 0 Å². The van der Waals surface area contributed by atoms with E-state index in [1.807, 2.05) is 6.07 Å². The van der Waals surface area contributed by atoms with Crippen molar-refractivity contribution >= 4 is 16.3 Å². The average Bonchev–Trinajstić information content (AvgIpc) is 3.62. The van der Waals surface area contributed by atoms with E-state index in [9.17, 15) is 17.6 Å². The van der Waals surface area contributed by atoms with E-state index in [0.717, 1.165) is 48.4 Å². The Bertz CT molecular complexity index is 948. The summed E-state index contributed by atoms with van der Waals surface area (Å²) in [6.07, 6.45) is 5.70. The largest absolute Gasteiger partial charge is 0.446 e. The first-order valence-corrected chi connectivity index (χ1v) is 13.7. The summed E-state index contributed by atoms with van der Waals surface area (Å²) in [6, 6.07) is 6.50. The Morgan fingerprint density at radius 3 is 2.47 bits per heavy atom. The predicted molar refractivity (Wildman–Crippen MR) is 126 cm³/mol. The van der Waals surface area contributed by atoms with Gasteiger partial charge in [0.25, 0.3) is 10.2 Å². The van der Waals surface area contributed by atoms with E-state index in [1.165, 1.54) is 20.2 Å². The molecule has 3 fully saturated rings. The van der Waals surface area contributed by atoms with E-state index < -0.39 is 10.2 Å². The standard InChI is InChI=1S/C24H36FN3O5S/c1-27(2)34(30,31)26-23-12-13-28(24(29)33-22-10-11-22)15-19(23)16-32-21-8-6-17(7-9-21)18-4-3-5-20(25)14-18/h3-5,14,17,19,21-23,26H,6-13,15-16H2,1-2H3. The van der Waals surface area contributed by atoms with Crippen LogP contribution in [0.4, 0.5) is 9.18 Å². The Hall–Kier alpha value is -1.75. The lowest BCUT2D eigenvalue weighted by Gasteiger charge is -2.39. The molecule has 34 heavy (non-hydrogen) atoms. The molecule has 8 nitrogen and oxygen atoms in total. The van der Waals surface area contributed by atoms with Gasteiger partial charge in [0.05, 0.1) is 12.7 Å². The topological polar surface area (TPSA) is 88.2 Å². The second-order valence-electron chi connectivity index (χ2n) is 9.95. The van der Waals surface area contributed by atoms with Crippen LogP contribution in [0.2, 0.25) is 0 Å². The zero-order valence-electron chi connectivity index (χ0n) is 20.0. The van der Waals surface area contributed by atoms with Gasteiger partial charge in [-0.3, -0.25) is 0 Å². The second-order valence-corrected chi connectivity index (χ2v) is 11.9. The molecule has 0 aromatic heterocycles. The smallest absolute Gasteiger partial charge is 0.410 e. The number of carbonyl (C=O) groups excluding carboxylic acids is 1. The number of benzene rings is 1. The molecule has 1 aliphatic heterocycles. The molecule has 1 aromatic rings. The van der Waals surface area contributed by atoms with Crippen LogP contribution in [0.5, 0.6) is 0 Å². The van der Waals surface area contributed by atoms with Gasteiger partial charge in [-0.25, -0.2) is 9.18 Å². The summed E-state index contributed by atoms with van der Waals surface area (Å²) in [4.78, 5) is 14.2. The molecule has 10 heteroatoms. The van der Waals surface area contributed by atoms with Crippen LogP contribution in [0.15, 0.2) is 24.3 Å². The highest BCUT2D eigenvalue weighted by Gasteiger charge is 2.37. The van der Waals surface area contributed by atoms with Crippen molar-refractivity contribution in [3.63, 3.8) is 0 Å². The maximum absolute atomic E-state index is 13.6. The second kappa shape index (κ2) is 10.9. The molecule has 2 atom stereocenters. The number of ether oxygens (including phenoxy) is 2. The number of hydrogen-bond acceptors (Lipinski definition) is 5. The van der Waals surface area contributed by atoms with Gasteiger partial charge in [0.1, 0.15) is 11.9 Å². The normalized spacial score (nSPS) is 28.2. The SMILES string of the molecule is CN(C)S(=O)(=O)NC1CCN(C(=O)OC2CC2)CC1COC1CCC(c2cccc(F)c2)CC1. The van der Waals surface area contributed by atoms with E-state index in [2.05, 4.69) is 4.72 Å². The molecule has 1 amide bonds. The molecule has 1 heterocycles. The van der Waals surface area contributed by atoms with Crippen molar-refractivity contribution in [2.24, 2.45) is 5.92 Å². The maximum atomic E-state index is 13.6. The molecule has 2 unspecified atom stereocenters. The first-order chi connectivity index (χ1) is 16.2. The van der Waals surface area contributed by atoms with E-state index in [-0.39, 0.29) is 36.1 Å². The number of hydrogen-bond donors (Lipinski definition) is 1. The summed E-state index contributed by atoms with van der Waals surface area (Å²) in [5.74, 6) is -0.0436. The maximum Gasteiger partial charge on any atom is 0.410 e. The summed E-state index contributed by atoms with van der Waals surface area (Å²) in [5.41, 5.74) is 1.04. The molecule has 4 rings (SSSR count). The lowest BCUT2D eigenvalue weighted by atomic mass is 9.82. The van der Waals surface area contributed by atoms with Crippen molar-refractivity contribution in [3.05, 3.63) is 35.6 Å². The molecule has 0 bridgehead atoms. The Labute approximate surface area is 202 Å². The van der Waals surface area contributed by atoms with Crippen molar-refractivity contribution in [2.75, 3.05) is 33.8 Å². The number of nitrogens with zero attached hydrogens (tertiary/aromatic N) is 2. The first kappa shape index (κ1) is 25.3. The minimum Gasteiger partial charge on any atom is -0.446 e. The van der Waals surface area contributed by atoms with E-state index >= 15 is 0 Å². The lowest BCUT2D eigenvalue weighted by Crippen LogP contribution is -2.55. The third kappa shape index (κ3) is 6.68. The predicted octanol–water partition coefficient (Wildman–Crippen LogP) is 3.25. The lowest BCUT2D eigenvalue weighted by molar-refractivity contribution is -0.0173. The highest BCUT2D eigenvalue weighted by molar-refractivity contribution is 7.87. The van der Waals surface area contributed by atoms with Crippen LogP contribution in [0.3, 0.4) is 0 Å². The number of carbonyl (C=O) groups is 1. The summed E-state index contributed by atoms with van der Waals surface area (Å²) in [5, 5.41) is 0. The van der Waals surface area contributed by atoms with E-state index in [0.29, 0.717) is 32.0 Å². The average molecular weight is 498 g/mol. The van der Waals surface area contributed by atoms with Gasteiger partial charge in [-0.05, 0) is 68.6 Å². The molecule has 0 spiro atoms. The highest BCUT2D eigenvalue weighted by atomic mass is 32.2. The van der Waals surface area contributed by atoms with Gasteiger partial charge < -0.3 is 14.4 Å². The monoisotopic (exact) mass is 497 g/mol. The van der Waals surface area contributed by atoms with Crippen LogP contribution in [0.1, 0.15) is 56.4 Å². The molecule has 3 aliphatic rings. The fraction of sp³-hybridized carbons (Fsp3) is 0.708. The van der Waals surface area contributed by atoms with Crippen LogP contribution < -0.4 is 4.72 Å². The Kier molecular flexibility index (Phi) is 8.12. The summed E-state index contributed by atoms with van der Waals surface area (Å²) >= 11 is 0. The molecular weight excluding hydrogens is 461 g/mol. The van der Waals surface area contributed by atoms with Crippen LogP contribution in [-0.2, 0) is 19.7 Å². The minimum atomic E-state index is -3.60. The Morgan fingerprint density at radius 2 is 1.82 bits per heavy atom. The van der Waals surface area contributed by atoms with Gasteiger partial charge in [0.2, 0.25) is 0 Å². The van der Waals surface area contributed by atoms with Crippen molar-refractivity contribution in [1.82, 2.24) is 13.9 Å². The number of nitrogens with one attached hydrogen (secondary N) is 1. The summed E-state index contributed by atoms with van der Waals surface area (Å²) < 4.78 is 54.1. The van der Waals surface area contributed by atoms with Crippen molar-refractivity contribution < 1.29 is 27.1 Å². The van der Waals surface area contributed by atoms with E-state index in [4.69, 9.17) is 9.47 Å². The number of amides is 1. The van der Waals surface area contributed by atoms with Gasteiger partial charge in [-0.1, -0.05) is 12.1 Å². The van der Waals surface area contributed by atoms with E-state index in [1.54, 1.807) is 17.0 Å². The molecule has 0 radical (unpaired) electrons. The number of halogens is 1. The van der Waals surface area contributed by atoms with Crippen LogP contribution in [0.25, 0.3) is 0 Å². The van der Waals surface area contributed by atoms with Gasteiger partial charge in [-0.15, -0.1) is 0 Å².